The predicted molar refractivity (Wildman–Crippen MR) is 77.8 cm³/mol. The molecule has 2 nitrogen and oxygen atoms in total. The lowest BCUT2D eigenvalue weighted by Gasteiger charge is -2.35. The van der Waals surface area contributed by atoms with Crippen LogP contribution in [-0.4, -0.2) is 29.7 Å². The molecule has 1 aliphatic rings. The third-order valence-electron chi connectivity index (χ3n) is 4.18. The molecule has 102 valence electrons. The van der Waals surface area contributed by atoms with Gasteiger partial charge in [-0.1, -0.05) is 19.4 Å². The molecule has 1 aliphatic carbocycles. The zero-order valence-electron chi connectivity index (χ0n) is 11.5. The quantitative estimate of drug-likeness (QED) is 0.884. The average Bonchev–Trinajstić information content (AvgIpc) is 2.84. The van der Waals surface area contributed by atoms with E-state index < -0.39 is 0 Å². The van der Waals surface area contributed by atoms with E-state index in [2.05, 4.69) is 36.4 Å². The molecule has 0 aromatic carbocycles. The van der Waals surface area contributed by atoms with Crippen LogP contribution in [0.25, 0.3) is 0 Å². The van der Waals surface area contributed by atoms with Crippen LogP contribution in [0.5, 0.6) is 0 Å². The molecule has 3 atom stereocenters. The summed E-state index contributed by atoms with van der Waals surface area (Å²) in [5.41, 5.74) is 0. The summed E-state index contributed by atoms with van der Waals surface area (Å²) in [4.78, 5) is 3.77. The smallest absolute Gasteiger partial charge is 0.0580 e. The van der Waals surface area contributed by atoms with Crippen LogP contribution in [0.1, 0.15) is 37.5 Å². The van der Waals surface area contributed by atoms with Gasteiger partial charge in [-0.05, 0) is 49.6 Å². The van der Waals surface area contributed by atoms with Crippen LogP contribution in [0.3, 0.4) is 0 Å². The molecule has 1 aromatic heterocycles. The Morgan fingerprint density at radius 3 is 2.94 bits per heavy atom. The highest BCUT2D eigenvalue weighted by Crippen LogP contribution is 2.32. The van der Waals surface area contributed by atoms with Gasteiger partial charge in [-0.25, -0.2) is 0 Å². The minimum atomic E-state index is -0.0846. The molecule has 18 heavy (non-hydrogen) atoms. The monoisotopic (exact) mass is 267 g/mol. The van der Waals surface area contributed by atoms with E-state index in [1.54, 1.807) is 0 Å². The summed E-state index contributed by atoms with van der Waals surface area (Å²) in [7, 11) is 2.17. The van der Waals surface area contributed by atoms with Crippen LogP contribution in [-0.2, 0) is 6.54 Å². The van der Waals surface area contributed by atoms with E-state index in [1.165, 1.54) is 24.1 Å². The van der Waals surface area contributed by atoms with Crippen molar-refractivity contribution in [1.82, 2.24) is 4.90 Å². The standard InChI is InChI=1S/C15H25NOS/c1-3-12-6-7-15(17)13(9-12)10-16(2)11-14-5-4-8-18-14/h4-5,8,12-13,15,17H,3,6-7,9-11H2,1-2H3. The first-order valence-electron chi connectivity index (χ1n) is 7.08. The third-order valence-corrected chi connectivity index (χ3v) is 5.04. The fraction of sp³-hybridized carbons (Fsp3) is 0.733. The van der Waals surface area contributed by atoms with Crippen LogP contribution < -0.4 is 0 Å². The lowest BCUT2D eigenvalue weighted by atomic mass is 9.78. The van der Waals surface area contributed by atoms with E-state index in [-0.39, 0.29) is 6.10 Å². The summed E-state index contributed by atoms with van der Waals surface area (Å²) in [5, 5.41) is 12.3. The van der Waals surface area contributed by atoms with Crippen LogP contribution in [0, 0.1) is 11.8 Å². The number of hydrogen-bond acceptors (Lipinski definition) is 3. The average molecular weight is 267 g/mol. The van der Waals surface area contributed by atoms with Crippen molar-refractivity contribution < 1.29 is 5.11 Å². The summed E-state index contributed by atoms with van der Waals surface area (Å²) in [5.74, 6) is 1.29. The van der Waals surface area contributed by atoms with Crippen molar-refractivity contribution >= 4 is 11.3 Å². The number of hydrogen-bond donors (Lipinski definition) is 1. The van der Waals surface area contributed by atoms with Crippen LogP contribution in [0.2, 0.25) is 0 Å². The molecule has 0 amide bonds. The summed E-state index contributed by atoms with van der Waals surface area (Å²) in [6.07, 6.45) is 4.59. The first-order valence-corrected chi connectivity index (χ1v) is 7.96. The Kier molecular flexibility index (Phi) is 5.22. The van der Waals surface area contributed by atoms with Crippen molar-refractivity contribution in [1.29, 1.82) is 0 Å². The van der Waals surface area contributed by atoms with Gasteiger partial charge in [0.25, 0.3) is 0 Å². The fourth-order valence-corrected chi connectivity index (χ4v) is 3.83. The van der Waals surface area contributed by atoms with Crippen molar-refractivity contribution in [3.05, 3.63) is 22.4 Å². The predicted octanol–water partition coefficient (Wildman–Crippen LogP) is 3.37. The second-order valence-corrected chi connectivity index (χ2v) is 6.72. The lowest BCUT2D eigenvalue weighted by Crippen LogP contribution is -2.37. The van der Waals surface area contributed by atoms with Gasteiger partial charge < -0.3 is 10.0 Å². The largest absolute Gasteiger partial charge is 0.393 e. The minimum absolute atomic E-state index is 0.0846. The van der Waals surface area contributed by atoms with Crippen LogP contribution in [0.4, 0.5) is 0 Å². The molecule has 1 heterocycles. The van der Waals surface area contributed by atoms with Gasteiger partial charge in [-0.3, -0.25) is 0 Å². The SMILES string of the molecule is CCC1CCC(O)C(CN(C)Cc2cccs2)C1. The van der Waals surface area contributed by atoms with Crippen molar-refractivity contribution in [3.8, 4) is 0 Å². The summed E-state index contributed by atoms with van der Waals surface area (Å²) in [6, 6.07) is 4.30. The number of aliphatic hydroxyl groups is 1. The zero-order valence-corrected chi connectivity index (χ0v) is 12.3. The van der Waals surface area contributed by atoms with E-state index >= 15 is 0 Å². The second kappa shape index (κ2) is 6.69. The Balaban J connectivity index is 1.83. The molecule has 0 aliphatic heterocycles. The molecular weight excluding hydrogens is 242 g/mol. The highest BCUT2D eigenvalue weighted by atomic mass is 32.1. The molecule has 1 saturated carbocycles. The van der Waals surface area contributed by atoms with Gasteiger partial charge in [0.15, 0.2) is 0 Å². The minimum Gasteiger partial charge on any atom is -0.393 e. The van der Waals surface area contributed by atoms with Gasteiger partial charge >= 0.3 is 0 Å². The maximum Gasteiger partial charge on any atom is 0.0580 e. The molecule has 3 heteroatoms. The Labute approximate surface area is 115 Å². The molecule has 1 fully saturated rings. The first kappa shape index (κ1) is 14.0. The lowest BCUT2D eigenvalue weighted by molar-refractivity contribution is 0.0300. The van der Waals surface area contributed by atoms with E-state index in [0.717, 1.165) is 25.4 Å². The number of nitrogens with zero attached hydrogens (tertiary/aromatic N) is 1. The molecule has 3 unspecified atom stereocenters. The molecule has 0 radical (unpaired) electrons. The first-order chi connectivity index (χ1) is 8.69. The molecule has 1 aromatic rings. The van der Waals surface area contributed by atoms with Crippen LogP contribution in [0.15, 0.2) is 17.5 Å². The Bertz CT molecular complexity index is 338. The van der Waals surface area contributed by atoms with Crippen molar-refractivity contribution in [3.63, 3.8) is 0 Å². The van der Waals surface area contributed by atoms with Crippen molar-refractivity contribution in [2.24, 2.45) is 11.8 Å². The van der Waals surface area contributed by atoms with E-state index in [4.69, 9.17) is 0 Å². The van der Waals surface area contributed by atoms with Crippen molar-refractivity contribution in [2.75, 3.05) is 13.6 Å². The van der Waals surface area contributed by atoms with Gasteiger partial charge in [0.2, 0.25) is 0 Å². The zero-order chi connectivity index (χ0) is 13.0. The maximum absolute atomic E-state index is 10.1. The summed E-state index contributed by atoms with van der Waals surface area (Å²) < 4.78 is 0. The Morgan fingerprint density at radius 1 is 1.44 bits per heavy atom. The number of thiophene rings is 1. The fourth-order valence-electron chi connectivity index (χ4n) is 3.05. The molecule has 0 spiro atoms. The molecule has 0 bridgehead atoms. The van der Waals surface area contributed by atoms with Gasteiger partial charge in [-0.15, -0.1) is 11.3 Å². The molecule has 0 saturated heterocycles. The summed E-state index contributed by atoms with van der Waals surface area (Å²) in [6.45, 7) is 4.31. The maximum atomic E-state index is 10.1. The molecule has 2 rings (SSSR count). The van der Waals surface area contributed by atoms with Crippen LogP contribution >= 0.6 is 11.3 Å². The highest BCUT2D eigenvalue weighted by molar-refractivity contribution is 7.09. The summed E-state index contributed by atoms with van der Waals surface area (Å²) >= 11 is 1.81. The normalized spacial score (nSPS) is 28.8. The van der Waals surface area contributed by atoms with E-state index in [0.29, 0.717) is 5.92 Å². The van der Waals surface area contributed by atoms with Gasteiger partial charge in [-0.2, -0.15) is 0 Å². The van der Waals surface area contributed by atoms with E-state index in [1.807, 2.05) is 11.3 Å². The van der Waals surface area contributed by atoms with Gasteiger partial charge in [0.05, 0.1) is 6.10 Å². The third kappa shape index (κ3) is 3.81. The number of rotatable bonds is 5. The highest BCUT2D eigenvalue weighted by Gasteiger charge is 2.28. The topological polar surface area (TPSA) is 23.5 Å². The van der Waals surface area contributed by atoms with E-state index in [9.17, 15) is 5.11 Å². The van der Waals surface area contributed by atoms with Crippen molar-refractivity contribution in [2.45, 2.75) is 45.3 Å². The molecular formula is C15H25NOS. The second-order valence-electron chi connectivity index (χ2n) is 5.69. The molecule has 1 N–H and O–H groups in total. The number of aliphatic hydroxyl groups excluding tert-OH is 1. The van der Waals surface area contributed by atoms with Gasteiger partial charge in [0.1, 0.15) is 0 Å². The Hall–Kier alpha value is -0.380. The van der Waals surface area contributed by atoms with Gasteiger partial charge in [0, 0.05) is 18.0 Å². The Morgan fingerprint density at radius 2 is 2.28 bits per heavy atom.